The van der Waals surface area contributed by atoms with Crippen LogP contribution in [0.25, 0.3) is 0 Å². The maximum atomic E-state index is 13.7. The molecule has 3 rings (SSSR count). The van der Waals surface area contributed by atoms with Crippen LogP contribution in [-0.4, -0.2) is 28.4 Å². The third-order valence-electron chi connectivity index (χ3n) is 4.32. The second-order valence-corrected chi connectivity index (χ2v) is 7.55. The van der Waals surface area contributed by atoms with E-state index in [1.807, 2.05) is 6.92 Å². The molecule has 2 atom stereocenters. The second-order valence-electron chi connectivity index (χ2n) is 6.25. The molecule has 0 aliphatic carbocycles. The Morgan fingerprint density at radius 1 is 1.41 bits per heavy atom. The van der Waals surface area contributed by atoms with Crippen LogP contribution in [-0.2, 0) is 0 Å². The Morgan fingerprint density at radius 3 is 2.67 bits per heavy atom. The predicted octanol–water partition coefficient (Wildman–Crippen LogP) is 5.10. The van der Waals surface area contributed by atoms with Crippen molar-refractivity contribution in [2.75, 3.05) is 11.9 Å². The van der Waals surface area contributed by atoms with E-state index in [0.717, 1.165) is 9.15 Å². The summed E-state index contributed by atoms with van der Waals surface area (Å²) in [5.41, 5.74) is 0.478. The molecule has 2 N–H and O–H groups in total. The fraction of sp³-hybridized carbons (Fsp3) is 0.412. The fourth-order valence-corrected chi connectivity index (χ4v) is 3.50. The summed E-state index contributed by atoms with van der Waals surface area (Å²) >= 11 is 9.54. The molecule has 0 unspecified atom stereocenters. The van der Waals surface area contributed by atoms with Gasteiger partial charge in [-0.3, -0.25) is 4.79 Å². The number of hydrogen-bond acceptors (Lipinski definition) is 3. The third kappa shape index (κ3) is 4.08. The number of fused-ring (bicyclic) bond motifs is 1. The van der Waals surface area contributed by atoms with E-state index in [1.54, 1.807) is 24.3 Å². The Kier molecular flexibility index (Phi) is 5.71. The van der Waals surface area contributed by atoms with E-state index in [1.165, 1.54) is 0 Å². The number of amides is 1. The molecule has 1 amide bonds. The monoisotopic (exact) mass is 464 g/mol. The Balaban J connectivity index is 2.01. The summed E-state index contributed by atoms with van der Waals surface area (Å²) in [4.78, 5) is 12.2. The molecular weight excluding hydrogens is 449 g/mol. The summed E-state index contributed by atoms with van der Waals surface area (Å²) < 4.78 is 42.6. The van der Waals surface area contributed by atoms with Gasteiger partial charge in [-0.25, -0.2) is 4.68 Å². The van der Waals surface area contributed by atoms with E-state index < -0.39 is 24.2 Å². The van der Waals surface area contributed by atoms with Crippen LogP contribution in [0, 0.1) is 0 Å². The number of carbonyl (C=O) groups is 1. The summed E-state index contributed by atoms with van der Waals surface area (Å²) in [6, 6.07) is 4.51. The number of alkyl halides is 3. The summed E-state index contributed by atoms with van der Waals surface area (Å²) in [5, 5.41) is 9.36. The zero-order valence-corrected chi connectivity index (χ0v) is 16.6. The Bertz CT molecular complexity index is 838. The van der Waals surface area contributed by atoms with Crippen LogP contribution in [0.1, 0.15) is 47.9 Å². The lowest BCUT2D eigenvalue weighted by atomic mass is 9.97. The molecule has 0 radical (unpaired) electrons. The van der Waals surface area contributed by atoms with Crippen molar-refractivity contribution in [1.29, 1.82) is 0 Å². The summed E-state index contributed by atoms with van der Waals surface area (Å²) in [5.74, 6) is -0.591. The topological polar surface area (TPSA) is 59.0 Å². The van der Waals surface area contributed by atoms with Crippen LogP contribution in [0.15, 0.2) is 28.7 Å². The third-order valence-corrected chi connectivity index (χ3v) is 5.21. The van der Waals surface area contributed by atoms with Gasteiger partial charge in [0.2, 0.25) is 0 Å². The number of anilines is 1. The highest BCUT2D eigenvalue weighted by Gasteiger charge is 2.47. The van der Waals surface area contributed by atoms with Crippen LogP contribution < -0.4 is 10.6 Å². The SMILES string of the molecule is CCCNC(=O)c1nn2c(c1Cl)N[C@H](c1ccc(Br)cc1)C[C@H]2C(F)(F)F. The minimum absolute atomic E-state index is 0.000177. The molecule has 0 bridgehead atoms. The molecule has 0 spiro atoms. The lowest BCUT2D eigenvalue weighted by Gasteiger charge is -2.33. The molecule has 1 aromatic heterocycles. The molecule has 1 aliphatic heterocycles. The molecule has 2 heterocycles. The molecule has 0 saturated carbocycles. The second kappa shape index (κ2) is 7.71. The van der Waals surface area contributed by atoms with Gasteiger partial charge in [0.05, 0.1) is 6.04 Å². The number of carbonyl (C=O) groups excluding carboxylic acids is 1. The van der Waals surface area contributed by atoms with Gasteiger partial charge in [0.25, 0.3) is 5.91 Å². The highest BCUT2D eigenvalue weighted by atomic mass is 79.9. The Hall–Kier alpha value is -1.74. The van der Waals surface area contributed by atoms with Crippen molar-refractivity contribution in [1.82, 2.24) is 15.1 Å². The number of nitrogens with zero attached hydrogens (tertiary/aromatic N) is 2. The lowest BCUT2D eigenvalue weighted by molar-refractivity contribution is -0.173. The Morgan fingerprint density at radius 2 is 2.07 bits per heavy atom. The van der Waals surface area contributed by atoms with Crippen LogP contribution in [0.4, 0.5) is 19.0 Å². The summed E-state index contributed by atoms with van der Waals surface area (Å²) in [7, 11) is 0. The zero-order valence-electron chi connectivity index (χ0n) is 14.3. The van der Waals surface area contributed by atoms with E-state index in [4.69, 9.17) is 11.6 Å². The van der Waals surface area contributed by atoms with Crippen LogP contribution in [0.5, 0.6) is 0 Å². The molecular formula is C17H17BrClF3N4O. The highest BCUT2D eigenvalue weighted by molar-refractivity contribution is 9.10. The maximum absolute atomic E-state index is 13.7. The first-order valence-corrected chi connectivity index (χ1v) is 9.54. The normalized spacial score (nSPS) is 19.3. The van der Waals surface area contributed by atoms with E-state index >= 15 is 0 Å². The van der Waals surface area contributed by atoms with Crippen LogP contribution in [0.3, 0.4) is 0 Å². The first-order valence-electron chi connectivity index (χ1n) is 8.37. The maximum Gasteiger partial charge on any atom is 0.410 e. The average Bonchev–Trinajstić information content (AvgIpc) is 2.95. The largest absolute Gasteiger partial charge is 0.410 e. The van der Waals surface area contributed by atoms with Crippen molar-refractivity contribution < 1.29 is 18.0 Å². The Labute approximate surface area is 167 Å². The van der Waals surface area contributed by atoms with Crippen molar-refractivity contribution >= 4 is 39.3 Å². The number of hydrogen-bond donors (Lipinski definition) is 2. The first-order chi connectivity index (χ1) is 12.7. The average molecular weight is 466 g/mol. The van der Waals surface area contributed by atoms with Gasteiger partial charge in [-0.2, -0.15) is 18.3 Å². The molecule has 0 fully saturated rings. The van der Waals surface area contributed by atoms with Gasteiger partial charge in [-0.15, -0.1) is 0 Å². The van der Waals surface area contributed by atoms with Crippen molar-refractivity contribution in [3.63, 3.8) is 0 Å². The zero-order chi connectivity index (χ0) is 19.8. The number of aromatic nitrogens is 2. The van der Waals surface area contributed by atoms with Gasteiger partial charge in [0, 0.05) is 17.4 Å². The molecule has 10 heteroatoms. The molecule has 2 aromatic rings. The number of halogens is 5. The van der Waals surface area contributed by atoms with Crippen molar-refractivity contribution in [3.05, 3.63) is 45.0 Å². The standard InChI is InChI=1S/C17H17BrClF3N4O/c1-2-7-23-16(27)14-13(19)15-24-11(9-3-5-10(18)6-4-9)8-12(17(20,21)22)26(15)25-14/h3-6,11-12,24H,2,7-8H2,1H3,(H,23,27)/t11-,12-/m0/s1. The molecule has 146 valence electrons. The van der Waals surface area contributed by atoms with Gasteiger partial charge in [-0.05, 0) is 24.1 Å². The molecule has 1 aromatic carbocycles. The van der Waals surface area contributed by atoms with Gasteiger partial charge in [-0.1, -0.05) is 46.6 Å². The van der Waals surface area contributed by atoms with Crippen LogP contribution in [0.2, 0.25) is 5.02 Å². The van der Waals surface area contributed by atoms with Gasteiger partial charge >= 0.3 is 6.18 Å². The quantitative estimate of drug-likeness (QED) is 0.660. The van der Waals surface area contributed by atoms with Gasteiger partial charge < -0.3 is 10.6 Å². The van der Waals surface area contributed by atoms with Gasteiger partial charge in [0.1, 0.15) is 10.8 Å². The molecule has 1 aliphatic rings. The molecule has 0 saturated heterocycles. The first kappa shape index (κ1) is 20.0. The van der Waals surface area contributed by atoms with Crippen molar-refractivity contribution in [2.45, 2.75) is 38.0 Å². The molecule has 27 heavy (non-hydrogen) atoms. The summed E-state index contributed by atoms with van der Waals surface area (Å²) in [6.45, 7) is 2.25. The van der Waals surface area contributed by atoms with E-state index in [0.29, 0.717) is 18.5 Å². The van der Waals surface area contributed by atoms with Crippen LogP contribution >= 0.6 is 27.5 Å². The van der Waals surface area contributed by atoms with Gasteiger partial charge in [0.15, 0.2) is 11.7 Å². The van der Waals surface area contributed by atoms with Crippen molar-refractivity contribution in [3.8, 4) is 0 Å². The highest BCUT2D eigenvalue weighted by Crippen LogP contribution is 2.46. The number of rotatable bonds is 4. The van der Waals surface area contributed by atoms with E-state index in [-0.39, 0.29) is 23.0 Å². The predicted molar refractivity (Wildman–Crippen MR) is 100 cm³/mol. The van der Waals surface area contributed by atoms with Crippen molar-refractivity contribution in [2.24, 2.45) is 0 Å². The van der Waals surface area contributed by atoms with E-state index in [2.05, 4.69) is 31.7 Å². The minimum Gasteiger partial charge on any atom is -0.362 e. The van der Waals surface area contributed by atoms with E-state index in [9.17, 15) is 18.0 Å². The minimum atomic E-state index is -4.53. The molecule has 5 nitrogen and oxygen atoms in total. The lowest BCUT2D eigenvalue weighted by Crippen LogP contribution is -2.36. The number of benzene rings is 1. The number of nitrogens with one attached hydrogen (secondary N) is 2. The smallest absolute Gasteiger partial charge is 0.362 e. The fourth-order valence-electron chi connectivity index (χ4n) is 2.97. The summed E-state index contributed by atoms with van der Waals surface area (Å²) in [6.07, 6.45) is -4.10.